The van der Waals surface area contributed by atoms with Crippen molar-refractivity contribution in [3.8, 4) is 11.5 Å². The van der Waals surface area contributed by atoms with Crippen molar-refractivity contribution in [3.05, 3.63) is 23.5 Å². The summed E-state index contributed by atoms with van der Waals surface area (Å²) in [5.74, 6) is 2.52. The van der Waals surface area contributed by atoms with Gasteiger partial charge in [0.2, 0.25) is 0 Å². The predicted molar refractivity (Wildman–Crippen MR) is 70.8 cm³/mol. The van der Waals surface area contributed by atoms with Gasteiger partial charge >= 0.3 is 0 Å². The first-order chi connectivity index (χ1) is 9.17. The highest BCUT2D eigenvalue weighted by molar-refractivity contribution is 5.45. The molecule has 3 unspecified atom stereocenters. The Morgan fingerprint density at radius 1 is 1.16 bits per heavy atom. The quantitative estimate of drug-likeness (QED) is 0.910. The second-order valence-corrected chi connectivity index (χ2v) is 5.59. The Morgan fingerprint density at radius 2 is 1.74 bits per heavy atom. The van der Waals surface area contributed by atoms with Crippen LogP contribution in [-0.2, 0) is 0 Å². The van der Waals surface area contributed by atoms with Gasteiger partial charge in [-0.1, -0.05) is 6.42 Å². The molecule has 3 nitrogen and oxygen atoms in total. The fourth-order valence-corrected chi connectivity index (χ4v) is 3.74. The molecule has 104 valence electrons. The van der Waals surface area contributed by atoms with Gasteiger partial charge in [-0.3, -0.25) is 0 Å². The zero-order chi connectivity index (χ0) is 13.6. The topological polar surface area (TPSA) is 44.5 Å². The van der Waals surface area contributed by atoms with Gasteiger partial charge in [0, 0.05) is 17.7 Å². The number of hydrogen-bond acceptors (Lipinski definition) is 3. The zero-order valence-corrected chi connectivity index (χ0v) is 11.4. The molecule has 0 aliphatic heterocycles. The number of benzene rings is 1. The highest BCUT2D eigenvalue weighted by Crippen LogP contribution is 2.61. The lowest BCUT2D eigenvalue weighted by Gasteiger charge is -2.17. The van der Waals surface area contributed by atoms with Crippen molar-refractivity contribution < 1.29 is 13.9 Å². The average Bonchev–Trinajstić information content (AvgIpc) is 2.90. The van der Waals surface area contributed by atoms with Gasteiger partial charge in [0.05, 0.1) is 14.2 Å². The third-order valence-electron chi connectivity index (χ3n) is 4.75. The Hall–Kier alpha value is -1.29. The first-order valence-electron chi connectivity index (χ1n) is 6.84. The summed E-state index contributed by atoms with van der Waals surface area (Å²) in [6.45, 7) is 0. The van der Waals surface area contributed by atoms with Crippen LogP contribution in [0.15, 0.2) is 12.1 Å². The second kappa shape index (κ2) is 4.67. The molecular weight excluding hydrogens is 245 g/mol. The van der Waals surface area contributed by atoms with E-state index in [1.54, 1.807) is 13.2 Å². The molecule has 3 rings (SSSR count). The molecular formula is C15H20FNO2. The van der Waals surface area contributed by atoms with Gasteiger partial charge in [-0.25, -0.2) is 4.39 Å². The van der Waals surface area contributed by atoms with Gasteiger partial charge in [0.15, 0.2) is 11.5 Å². The van der Waals surface area contributed by atoms with Gasteiger partial charge in [0.25, 0.3) is 0 Å². The summed E-state index contributed by atoms with van der Waals surface area (Å²) in [6.07, 6.45) is 3.79. The van der Waals surface area contributed by atoms with Crippen LogP contribution in [0.1, 0.15) is 30.9 Å². The maximum Gasteiger partial charge on any atom is 0.163 e. The van der Waals surface area contributed by atoms with Gasteiger partial charge in [-0.05, 0) is 36.7 Å². The maximum absolute atomic E-state index is 14.2. The number of rotatable bonds is 4. The summed E-state index contributed by atoms with van der Waals surface area (Å²) >= 11 is 0. The summed E-state index contributed by atoms with van der Waals surface area (Å²) < 4.78 is 24.5. The average molecular weight is 265 g/mol. The summed E-state index contributed by atoms with van der Waals surface area (Å²) in [7, 11) is 3.05. The van der Waals surface area contributed by atoms with E-state index in [4.69, 9.17) is 15.2 Å². The molecule has 2 saturated carbocycles. The Bertz CT molecular complexity index is 481. The van der Waals surface area contributed by atoms with Crippen molar-refractivity contribution in [2.24, 2.45) is 23.5 Å². The Balaban J connectivity index is 1.87. The lowest BCUT2D eigenvalue weighted by molar-refractivity contribution is 0.350. The van der Waals surface area contributed by atoms with E-state index in [1.807, 2.05) is 0 Å². The number of ether oxygens (including phenoxy) is 2. The molecule has 0 heterocycles. The monoisotopic (exact) mass is 265 g/mol. The predicted octanol–water partition coefficient (Wildman–Crippen LogP) is 2.89. The summed E-state index contributed by atoms with van der Waals surface area (Å²) in [5, 5.41) is 0. The molecule has 0 radical (unpaired) electrons. The van der Waals surface area contributed by atoms with Crippen molar-refractivity contribution >= 4 is 0 Å². The van der Waals surface area contributed by atoms with Gasteiger partial charge in [0.1, 0.15) is 5.82 Å². The van der Waals surface area contributed by atoms with Crippen LogP contribution >= 0.6 is 0 Å². The van der Waals surface area contributed by atoms with Crippen LogP contribution < -0.4 is 15.2 Å². The van der Waals surface area contributed by atoms with Crippen LogP contribution in [0.25, 0.3) is 0 Å². The molecule has 3 atom stereocenters. The lowest BCUT2D eigenvalue weighted by Crippen LogP contribution is -2.17. The fourth-order valence-electron chi connectivity index (χ4n) is 3.74. The van der Waals surface area contributed by atoms with Crippen molar-refractivity contribution in [2.75, 3.05) is 14.2 Å². The highest BCUT2D eigenvalue weighted by atomic mass is 19.1. The number of fused-ring (bicyclic) bond motifs is 1. The molecule has 19 heavy (non-hydrogen) atoms. The van der Waals surface area contributed by atoms with E-state index >= 15 is 0 Å². The fraction of sp³-hybridized carbons (Fsp3) is 0.600. The van der Waals surface area contributed by atoms with E-state index in [-0.39, 0.29) is 11.9 Å². The van der Waals surface area contributed by atoms with Crippen LogP contribution in [0.5, 0.6) is 11.5 Å². The number of nitrogens with two attached hydrogens (primary N) is 1. The first kappa shape index (κ1) is 12.7. The maximum atomic E-state index is 14.2. The molecule has 2 aliphatic rings. The number of hydrogen-bond donors (Lipinski definition) is 1. The normalized spacial score (nSPS) is 29.8. The lowest BCUT2D eigenvalue weighted by atomic mass is 9.97. The third-order valence-corrected chi connectivity index (χ3v) is 4.75. The molecule has 0 aromatic heterocycles. The molecule has 1 aromatic rings. The molecule has 0 saturated heterocycles. The molecule has 2 N–H and O–H groups in total. The molecule has 2 fully saturated rings. The number of methoxy groups -OCH3 is 2. The summed E-state index contributed by atoms with van der Waals surface area (Å²) in [5.41, 5.74) is 6.82. The van der Waals surface area contributed by atoms with Crippen LogP contribution in [-0.4, -0.2) is 14.2 Å². The largest absolute Gasteiger partial charge is 0.493 e. The zero-order valence-electron chi connectivity index (χ0n) is 11.4. The first-order valence-corrected chi connectivity index (χ1v) is 6.84. The molecule has 0 amide bonds. The van der Waals surface area contributed by atoms with E-state index < -0.39 is 0 Å². The van der Waals surface area contributed by atoms with Crippen molar-refractivity contribution in [1.82, 2.24) is 0 Å². The molecule has 4 heteroatoms. The SMILES string of the molecule is COc1cc(F)c(C(N)C2C3CCCC32)cc1OC. The summed E-state index contributed by atoms with van der Waals surface area (Å²) in [4.78, 5) is 0. The molecule has 1 aromatic carbocycles. The van der Waals surface area contributed by atoms with Crippen LogP contribution in [0.2, 0.25) is 0 Å². The Kier molecular flexibility index (Phi) is 3.13. The van der Waals surface area contributed by atoms with E-state index in [0.29, 0.717) is 34.8 Å². The molecule has 0 bridgehead atoms. The van der Waals surface area contributed by atoms with E-state index in [2.05, 4.69) is 0 Å². The molecule has 2 aliphatic carbocycles. The van der Waals surface area contributed by atoms with E-state index in [9.17, 15) is 4.39 Å². The third kappa shape index (κ3) is 1.98. The standard InChI is InChI=1S/C15H20FNO2/c1-18-12-6-10(11(16)7-13(12)19-2)15(17)14-8-4-3-5-9(8)14/h6-9,14-15H,3-5,17H2,1-2H3. The van der Waals surface area contributed by atoms with Crippen molar-refractivity contribution in [3.63, 3.8) is 0 Å². The molecule has 0 spiro atoms. The van der Waals surface area contributed by atoms with Crippen molar-refractivity contribution in [1.29, 1.82) is 0 Å². The minimum atomic E-state index is -0.296. The van der Waals surface area contributed by atoms with Gasteiger partial charge in [-0.15, -0.1) is 0 Å². The number of halogens is 1. The van der Waals surface area contributed by atoms with Crippen molar-refractivity contribution in [2.45, 2.75) is 25.3 Å². The minimum Gasteiger partial charge on any atom is -0.493 e. The smallest absolute Gasteiger partial charge is 0.163 e. The summed E-state index contributed by atoms with van der Waals surface area (Å²) in [6, 6.07) is 2.83. The van der Waals surface area contributed by atoms with Gasteiger partial charge in [-0.2, -0.15) is 0 Å². The van der Waals surface area contributed by atoms with Crippen LogP contribution in [0.3, 0.4) is 0 Å². The van der Waals surface area contributed by atoms with Crippen LogP contribution in [0.4, 0.5) is 4.39 Å². The van der Waals surface area contributed by atoms with Gasteiger partial charge < -0.3 is 15.2 Å². The highest BCUT2D eigenvalue weighted by Gasteiger charge is 2.55. The van der Waals surface area contributed by atoms with Crippen LogP contribution in [0, 0.1) is 23.6 Å². The minimum absolute atomic E-state index is 0.227. The Morgan fingerprint density at radius 3 is 2.32 bits per heavy atom. The van der Waals surface area contributed by atoms with E-state index in [0.717, 1.165) is 0 Å². The van der Waals surface area contributed by atoms with E-state index in [1.165, 1.54) is 32.4 Å². The Labute approximate surface area is 112 Å². The second-order valence-electron chi connectivity index (χ2n) is 5.59.